The second-order valence-corrected chi connectivity index (χ2v) is 6.11. The number of hydrogen-bond donors (Lipinski definition) is 3. The first-order valence-electron chi connectivity index (χ1n) is 8.90. The molecule has 5 nitrogen and oxygen atoms in total. The summed E-state index contributed by atoms with van der Waals surface area (Å²) in [7, 11) is 0. The Morgan fingerprint density at radius 3 is 2.19 bits per heavy atom. The van der Waals surface area contributed by atoms with Crippen LogP contribution in [0.1, 0.15) is 12.8 Å². The van der Waals surface area contributed by atoms with Gasteiger partial charge in [0.25, 0.3) is 0 Å². The Bertz CT molecular complexity index is 864. The van der Waals surface area contributed by atoms with E-state index in [2.05, 4.69) is 10.6 Å². The van der Waals surface area contributed by atoms with Crippen molar-refractivity contribution in [3.05, 3.63) is 78.9 Å². The zero-order valence-corrected chi connectivity index (χ0v) is 15.0. The third kappa shape index (κ3) is 5.78. The van der Waals surface area contributed by atoms with Gasteiger partial charge in [-0.2, -0.15) is 0 Å². The SMILES string of the molecule is Nc1ccccc1OCCCC(=O)Nc1ccc(Nc2ccccc2)cc1. The molecule has 5 heteroatoms. The van der Waals surface area contributed by atoms with E-state index in [9.17, 15) is 4.79 Å². The number of ether oxygens (including phenoxy) is 1. The first-order valence-corrected chi connectivity index (χ1v) is 8.90. The minimum absolute atomic E-state index is 0.0385. The van der Waals surface area contributed by atoms with Crippen LogP contribution >= 0.6 is 0 Å². The number of rotatable bonds is 8. The molecule has 0 radical (unpaired) electrons. The van der Waals surface area contributed by atoms with Crippen LogP contribution in [0.25, 0.3) is 0 Å². The highest BCUT2D eigenvalue weighted by Gasteiger charge is 2.04. The van der Waals surface area contributed by atoms with E-state index in [1.165, 1.54) is 0 Å². The molecule has 0 fully saturated rings. The van der Waals surface area contributed by atoms with Crippen LogP contribution in [-0.4, -0.2) is 12.5 Å². The summed E-state index contributed by atoms with van der Waals surface area (Å²) in [6.45, 7) is 0.446. The highest BCUT2D eigenvalue weighted by Crippen LogP contribution is 2.20. The number of para-hydroxylation sites is 3. The monoisotopic (exact) mass is 361 g/mol. The Kier molecular flexibility index (Phi) is 6.30. The van der Waals surface area contributed by atoms with Gasteiger partial charge in [-0.1, -0.05) is 30.3 Å². The van der Waals surface area contributed by atoms with E-state index in [-0.39, 0.29) is 5.91 Å². The average molecular weight is 361 g/mol. The van der Waals surface area contributed by atoms with E-state index in [1.807, 2.05) is 72.8 Å². The van der Waals surface area contributed by atoms with Crippen LogP contribution in [-0.2, 0) is 4.79 Å². The Hall–Kier alpha value is -3.47. The topological polar surface area (TPSA) is 76.4 Å². The molecule has 0 atom stereocenters. The number of amides is 1. The fourth-order valence-electron chi connectivity index (χ4n) is 2.58. The molecule has 0 heterocycles. The molecule has 3 rings (SSSR count). The number of nitrogens with one attached hydrogen (secondary N) is 2. The largest absolute Gasteiger partial charge is 0.491 e. The molecule has 0 bridgehead atoms. The summed E-state index contributed by atoms with van der Waals surface area (Å²) in [5, 5.41) is 6.20. The number of anilines is 4. The van der Waals surface area contributed by atoms with Gasteiger partial charge in [-0.3, -0.25) is 4.79 Å². The van der Waals surface area contributed by atoms with Gasteiger partial charge in [0.05, 0.1) is 12.3 Å². The molecule has 0 aromatic heterocycles. The third-order valence-electron chi connectivity index (χ3n) is 3.96. The van der Waals surface area contributed by atoms with Crippen molar-refractivity contribution in [3.8, 4) is 5.75 Å². The number of nitrogen functional groups attached to an aromatic ring is 1. The fraction of sp³-hybridized carbons (Fsp3) is 0.136. The second-order valence-electron chi connectivity index (χ2n) is 6.11. The maximum Gasteiger partial charge on any atom is 0.224 e. The van der Waals surface area contributed by atoms with Gasteiger partial charge in [-0.25, -0.2) is 0 Å². The molecule has 0 unspecified atom stereocenters. The second kappa shape index (κ2) is 9.29. The van der Waals surface area contributed by atoms with Crippen LogP contribution in [0.3, 0.4) is 0 Å². The molecule has 0 aliphatic rings. The zero-order valence-electron chi connectivity index (χ0n) is 15.0. The Morgan fingerprint density at radius 2 is 1.44 bits per heavy atom. The standard InChI is InChI=1S/C22H23N3O2/c23-20-9-4-5-10-21(20)27-16-6-11-22(26)25-19-14-12-18(13-15-19)24-17-7-2-1-3-8-17/h1-5,7-10,12-15,24H,6,11,16,23H2,(H,25,26). The molecule has 0 saturated heterocycles. The van der Waals surface area contributed by atoms with Gasteiger partial charge < -0.3 is 21.1 Å². The summed E-state index contributed by atoms with van der Waals surface area (Å²) in [4.78, 5) is 12.1. The van der Waals surface area contributed by atoms with Crippen LogP contribution in [0.15, 0.2) is 78.9 Å². The van der Waals surface area contributed by atoms with Crippen molar-refractivity contribution in [2.45, 2.75) is 12.8 Å². The van der Waals surface area contributed by atoms with Crippen molar-refractivity contribution in [2.75, 3.05) is 23.0 Å². The maximum atomic E-state index is 12.1. The van der Waals surface area contributed by atoms with E-state index < -0.39 is 0 Å². The van der Waals surface area contributed by atoms with E-state index in [4.69, 9.17) is 10.5 Å². The molecule has 0 aliphatic carbocycles. The summed E-state index contributed by atoms with van der Waals surface area (Å²) in [5.41, 5.74) is 9.18. The molecule has 3 aromatic rings. The summed E-state index contributed by atoms with van der Waals surface area (Å²) in [6.07, 6.45) is 1.00. The van der Waals surface area contributed by atoms with Gasteiger partial charge in [-0.15, -0.1) is 0 Å². The van der Waals surface area contributed by atoms with Crippen molar-refractivity contribution in [2.24, 2.45) is 0 Å². The van der Waals surface area contributed by atoms with Gasteiger partial charge in [-0.05, 0) is 55.0 Å². The highest BCUT2D eigenvalue weighted by atomic mass is 16.5. The zero-order chi connectivity index (χ0) is 18.9. The Morgan fingerprint density at radius 1 is 0.815 bits per heavy atom. The third-order valence-corrected chi connectivity index (χ3v) is 3.96. The van der Waals surface area contributed by atoms with E-state index >= 15 is 0 Å². The first kappa shape index (κ1) is 18.3. The van der Waals surface area contributed by atoms with E-state index in [0.717, 1.165) is 17.1 Å². The maximum absolute atomic E-state index is 12.1. The van der Waals surface area contributed by atoms with Gasteiger partial charge in [0.15, 0.2) is 0 Å². The predicted octanol–water partition coefficient (Wildman–Crippen LogP) is 4.81. The van der Waals surface area contributed by atoms with Crippen LogP contribution in [0.5, 0.6) is 5.75 Å². The molecule has 0 saturated carbocycles. The molecule has 0 spiro atoms. The van der Waals surface area contributed by atoms with Crippen LogP contribution in [0, 0.1) is 0 Å². The lowest BCUT2D eigenvalue weighted by atomic mass is 10.2. The number of nitrogens with two attached hydrogens (primary N) is 1. The van der Waals surface area contributed by atoms with Crippen LogP contribution in [0.2, 0.25) is 0 Å². The minimum atomic E-state index is -0.0385. The lowest BCUT2D eigenvalue weighted by Gasteiger charge is -2.10. The molecule has 138 valence electrons. The predicted molar refractivity (Wildman–Crippen MR) is 110 cm³/mol. The quantitative estimate of drug-likeness (QED) is 0.397. The highest BCUT2D eigenvalue weighted by molar-refractivity contribution is 5.90. The lowest BCUT2D eigenvalue weighted by Crippen LogP contribution is -2.13. The summed E-state index contributed by atoms with van der Waals surface area (Å²) in [5.74, 6) is 0.614. The number of carbonyl (C=O) groups excluding carboxylic acids is 1. The Labute approximate surface area is 159 Å². The van der Waals surface area contributed by atoms with Crippen molar-refractivity contribution < 1.29 is 9.53 Å². The molecule has 3 aromatic carbocycles. The van der Waals surface area contributed by atoms with Crippen LogP contribution in [0.4, 0.5) is 22.7 Å². The molecule has 27 heavy (non-hydrogen) atoms. The van der Waals surface area contributed by atoms with Gasteiger partial charge in [0.1, 0.15) is 5.75 Å². The van der Waals surface area contributed by atoms with Gasteiger partial charge in [0, 0.05) is 23.5 Å². The number of carbonyl (C=O) groups is 1. The molecular formula is C22H23N3O2. The Balaban J connectivity index is 1.41. The molecule has 1 amide bonds. The average Bonchev–Trinajstić information content (AvgIpc) is 2.69. The van der Waals surface area contributed by atoms with Crippen molar-refractivity contribution in [1.82, 2.24) is 0 Å². The first-order chi connectivity index (χ1) is 13.2. The molecular weight excluding hydrogens is 338 g/mol. The fourth-order valence-corrected chi connectivity index (χ4v) is 2.58. The smallest absolute Gasteiger partial charge is 0.224 e. The number of benzene rings is 3. The minimum Gasteiger partial charge on any atom is -0.491 e. The number of hydrogen-bond acceptors (Lipinski definition) is 4. The molecule has 0 aliphatic heterocycles. The van der Waals surface area contributed by atoms with Gasteiger partial charge in [0.2, 0.25) is 5.91 Å². The van der Waals surface area contributed by atoms with Crippen molar-refractivity contribution in [1.29, 1.82) is 0 Å². The molecule has 4 N–H and O–H groups in total. The van der Waals surface area contributed by atoms with Crippen molar-refractivity contribution >= 4 is 28.7 Å². The van der Waals surface area contributed by atoms with E-state index in [1.54, 1.807) is 6.07 Å². The lowest BCUT2D eigenvalue weighted by molar-refractivity contribution is -0.116. The van der Waals surface area contributed by atoms with Crippen molar-refractivity contribution in [3.63, 3.8) is 0 Å². The van der Waals surface area contributed by atoms with Gasteiger partial charge >= 0.3 is 0 Å². The van der Waals surface area contributed by atoms with E-state index in [0.29, 0.717) is 30.9 Å². The summed E-state index contributed by atoms with van der Waals surface area (Å²) in [6, 6.07) is 24.9. The normalized spacial score (nSPS) is 10.2. The summed E-state index contributed by atoms with van der Waals surface area (Å²) >= 11 is 0. The van der Waals surface area contributed by atoms with Crippen LogP contribution < -0.4 is 21.1 Å². The summed E-state index contributed by atoms with van der Waals surface area (Å²) < 4.78 is 5.60.